The predicted molar refractivity (Wildman–Crippen MR) is 124 cm³/mol. The maximum Gasteiger partial charge on any atom is 0.407 e. The molecule has 7 heteroatoms. The van der Waals surface area contributed by atoms with Gasteiger partial charge in [0.2, 0.25) is 5.91 Å². The average molecular weight is 461 g/mol. The molecule has 2 aromatic carbocycles. The maximum absolute atomic E-state index is 13.1. The number of nitrogens with zero attached hydrogens (tertiary/aromatic N) is 1. The molecule has 1 unspecified atom stereocenters. The SMILES string of the molecule is O=C(N[C@@H]1C[C@H]2C[C@@]2(C(=O)N2CCC(C(=O)O)C2)C1)OCC1c2ccccc2-c2ccccc21. The molecule has 3 fully saturated rings. The van der Waals surface area contributed by atoms with E-state index in [1.807, 2.05) is 24.3 Å². The van der Waals surface area contributed by atoms with Crippen LogP contribution in [0.3, 0.4) is 0 Å². The zero-order valence-corrected chi connectivity index (χ0v) is 18.9. The Morgan fingerprint density at radius 3 is 2.35 bits per heavy atom. The van der Waals surface area contributed by atoms with Crippen molar-refractivity contribution in [3.05, 3.63) is 59.7 Å². The van der Waals surface area contributed by atoms with E-state index in [1.165, 1.54) is 22.3 Å². The highest BCUT2D eigenvalue weighted by molar-refractivity contribution is 5.88. The lowest BCUT2D eigenvalue weighted by atomic mass is 9.98. The summed E-state index contributed by atoms with van der Waals surface area (Å²) in [6.07, 6.45) is 2.29. The third kappa shape index (κ3) is 3.37. The van der Waals surface area contributed by atoms with E-state index < -0.39 is 23.4 Å². The van der Waals surface area contributed by atoms with E-state index in [9.17, 15) is 19.5 Å². The average Bonchev–Trinajstić information content (AvgIpc) is 3.18. The number of amides is 2. The number of carbonyl (C=O) groups is 3. The fraction of sp³-hybridized carbons (Fsp3) is 0.444. The van der Waals surface area contributed by atoms with Crippen LogP contribution in [0, 0.1) is 17.3 Å². The maximum atomic E-state index is 13.1. The second-order valence-corrected chi connectivity index (χ2v) is 10.2. The van der Waals surface area contributed by atoms with Gasteiger partial charge >= 0.3 is 12.1 Å². The molecule has 2 saturated carbocycles. The molecule has 2 amide bonds. The topological polar surface area (TPSA) is 95.9 Å². The van der Waals surface area contributed by atoms with E-state index >= 15 is 0 Å². The summed E-state index contributed by atoms with van der Waals surface area (Å²) in [5.74, 6) is -0.948. The van der Waals surface area contributed by atoms with Gasteiger partial charge in [0.25, 0.3) is 0 Å². The Balaban J connectivity index is 1.05. The summed E-state index contributed by atoms with van der Waals surface area (Å²) in [6.45, 7) is 1.08. The highest BCUT2D eigenvalue weighted by Crippen LogP contribution is 2.64. The number of ether oxygens (including phenoxy) is 1. The van der Waals surface area contributed by atoms with Gasteiger partial charge in [-0.3, -0.25) is 9.59 Å². The van der Waals surface area contributed by atoms with Crippen molar-refractivity contribution >= 4 is 18.0 Å². The highest BCUT2D eigenvalue weighted by atomic mass is 16.5. The molecule has 4 aliphatic rings. The zero-order valence-electron chi connectivity index (χ0n) is 18.9. The van der Waals surface area contributed by atoms with Crippen molar-refractivity contribution in [2.45, 2.75) is 37.6 Å². The number of carbonyl (C=O) groups excluding carboxylic acids is 2. The molecular weight excluding hydrogens is 432 g/mol. The Kier molecular flexibility index (Phi) is 4.90. The van der Waals surface area contributed by atoms with E-state index in [0.717, 1.165) is 12.8 Å². The lowest BCUT2D eigenvalue weighted by molar-refractivity contribution is -0.142. The van der Waals surface area contributed by atoms with Gasteiger partial charge in [-0.2, -0.15) is 0 Å². The number of hydrogen-bond acceptors (Lipinski definition) is 4. The Labute approximate surface area is 198 Å². The molecule has 176 valence electrons. The molecule has 34 heavy (non-hydrogen) atoms. The molecule has 0 bridgehead atoms. The number of alkyl carbamates (subject to hydrolysis) is 1. The first-order valence-corrected chi connectivity index (χ1v) is 12.1. The summed E-state index contributed by atoms with van der Waals surface area (Å²) < 4.78 is 5.67. The minimum atomic E-state index is -0.832. The standard InChI is InChI=1S/C27H28N2O5/c30-24(31)16-9-10-29(14-16)25(32)27-12-17(27)11-18(13-27)28-26(33)34-15-23-21-7-3-1-5-19(21)20-6-2-4-8-22(20)23/h1-8,16-18,23H,9-15H2,(H,28,33)(H,30,31)/t16?,17-,18+,27+/m0/s1. The van der Waals surface area contributed by atoms with Gasteiger partial charge in [-0.1, -0.05) is 48.5 Å². The van der Waals surface area contributed by atoms with Crippen molar-refractivity contribution < 1.29 is 24.2 Å². The largest absolute Gasteiger partial charge is 0.481 e. The van der Waals surface area contributed by atoms with Crippen molar-refractivity contribution in [1.82, 2.24) is 10.2 Å². The molecule has 1 aliphatic heterocycles. The third-order valence-electron chi connectivity index (χ3n) is 8.33. The Hall–Kier alpha value is -3.35. The second kappa shape index (κ2) is 7.86. The molecule has 2 aromatic rings. The molecule has 0 aromatic heterocycles. The Morgan fingerprint density at radius 2 is 1.71 bits per heavy atom. The van der Waals surface area contributed by atoms with Crippen LogP contribution in [-0.2, 0) is 14.3 Å². The van der Waals surface area contributed by atoms with E-state index in [0.29, 0.717) is 25.9 Å². The number of nitrogens with one attached hydrogen (secondary N) is 1. The molecular formula is C27H28N2O5. The fourth-order valence-corrected chi connectivity index (χ4v) is 6.53. The van der Waals surface area contributed by atoms with E-state index in [-0.39, 0.29) is 30.4 Å². The van der Waals surface area contributed by atoms with Gasteiger partial charge < -0.3 is 20.1 Å². The molecule has 2 N–H and O–H groups in total. The molecule has 7 nitrogen and oxygen atoms in total. The van der Waals surface area contributed by atoms with Crippen LogP contribution in [0.5, 0.6) is 0 Å². The zero-order chi connectivity index (χ0) is 23.4. The molecule has 0 radical (unpaired) electrons. The summed E-state index contributed by atoms with van der Waals surface area (Å²) in [5, 5.41) is 12.2. The molecule has 6 rings (SSSR count). The summed E-state index contributed by atoms with van der Waals surface area (Å²) in [6, 6.07) is 16.4. The van der Waals surface area contributed by atoms with Crippen LogP contribution in [0.1, 0.15) is 42.7 Å². The molecule has 1 saturated heterocycles. The first-order chi connectivity index (χ1) is 16.5. The van der Waals surface area contributed by atoms with Crippen LogP contribution in [0.4, 0.5) is 4.79 Å². The smallest absolute Gasteiger partial charge is 0.407 e. The second-order valence-electron chi connectivity index (χ2n) is 10.2. The van der Waals surface area contributed by atoms with Crippen LogP contribution in [-0.4, -0.2) is 53.7 Å². The molecule has 0 spiro atoms. The number of carboxylic acid groups (broad SMARTS) is 1. The number of fused-ring (bicyclic) bond motifs is 4. The summed E-state index contributed by atoms with van der Waals surface area (Å²) in [7, 11) is 0. The minimum absolute atomic E-state index is 0.0143. The Bertz CT molecular complexity index is 1130. The normalized spacial score (nSPS) is 28.7. The lowest BCUT2D eigenvalue weighted by Gasteiger charge is -2.23. The van der Waals surface area contributed by atoms with Gasteiger partial charge in [-0.15, -0.1) is 0 Å². The first kappa shape index (κ1) is 21.2. The van der Waals surface area contributed by atoms with Crippen LogP contribution in [0.15, 0.2) is 48.5 Å². The first-order valence-electron chi connectivity index (χ1n) is 12.1. The van der Waals surface area contributed by atoms with E-state index in [2.05, 4.69) is 29.6 Å². The van der Waals surface area contributed by atoms with Gasteiger partial charge in [0.05, 0.1) is 11.3 Å². The molecule has 3 aliphatic carbocycles. The van der Waals surface area contributed by atoms with Gasteiger partial charge in [0.1, 0.15) is 6.61 Å². The number of rotatable bonds is 5. The van der Waals surface area contributed by atoms with Crippen LogP contribution < -0.4 is 5.32 Å². The van der Waals surface area contributed by atoms with Crippen molar-refractivity contribution in [2.24, 2.45) is 17.3 Å². The third-order valence-corrected chi connectivity index (χ3v) is 8.33. The lowest BCUT2D eigenvalue weighted by Crippen LogP contribution is -2.39. The van der Waals surface area contributed by atoms with E-state index in [1.54, 1.807) is 4.90 Å². The molecule has 1 heterocycles. The van der Waals surface area contributed by atoms with Crippen LogP contribution >= 0.6 is 0 Å². The highest BCUT2D eigenvalue weighted by Gasteiger charge is 2.66. The summed E-state index contributed by atoms with van der Waals surface area (Å²) in [4.78, 5) is 38.8. The monoisotopic (exact) mass is 460 g/mol. The van der Waals surface area contributed by atoms with E-state index in [4.69, 9.17) is 4.74 Å². The van der Waals surface area contributed by atoms with Crippen LogP contribution in [0.2, 0.25) is 0 Å². The molecule has 4 atom stereocenters. The van der Waals surface area contributed by atoms with Crippen molar-refractivity contribution in [2.75, 3.05) is 19.7 Å². The van der Waals surface area contributed by atoms with Crippen LogP contribution in [0.25, 0.3) is 11.1 Å². The number of carboxylic acids is 1. The van der Waals surface area contributed by atoms with Gasteiger partial charge in [-0.05, 0) is 53.9 Å². The van der Waals surface area contributed by atoms with Crippen molar-refractivity contribution in [3.8, 4) is 11.1 Å². The number of aliphatic carboxylic acids is 1. The van der Waals surface area contributed by atoms with Crippen molar-refractivity contribution in [3.63, 3.8) is 0 Å². The van der Waals surface area contributed by atoms with Gasteiger partial charge in [0, 0.05) is 25.0 Å². The fourth-order valence-electron chi connectivity index (χ4n) is 6.53. The van der Waals surface area contributed by atoms with Gasteiger partial charge in [0.15, 0.2) is 0 Å². The number of benzene rings is 2. The predicted octanol–water partition coefficient (Wildman–Crippen LogP) is 3.63. The number of hydrogen-bond donors (Lipinski definition) is 2. The van der Waals surface area contributed by atoms with Crippen molar-refractivity contribution in [1.29, 1.82) is 0 Å². The number of likely N-dealkylation sites (tertiary alicyclic amines) is 1. The summed E-state index contributed by atoms with van der Waals surface area (Å²) >= 11 is 0. The Morgan fingerprint density at radius 1 is 1.03 bits per heavy atom. The van der Waals surface area contributed by atoms with Gasteiger partial charge in [-0.25, -0.2) is 4.79 Å². The minimum Gasteiger partial charge on any atom is -0.481 e. The quantitative estimate of drug-likeness (QED) is 0.711. The summed E-state index contributed by atoms with van der Waals surface area (Å²) in [5.41, 5.74) is 4.31.